The van der Waals surface area contributed by atoms with Crippen LogP contribution in [0.2, 0.25) is 0 Å². The maximum Gasteiger partial charge on any atom is 0.259 e. The van der Waals surface area contributed by atoms with Gasteiger partial charge in [0.25, 0.3) is 5.56 Å². The molecule has 0 saturated heterocycles. The van der Waals surface area contributed by atoms with Crippen molar-refractivity contribution in [1.29, 1.82) is 0 Å². The van der Waals surface area contributed by atoms with Gasteiger partial charge < -0.3 is 24.1 Å². The molecule has 0 amide bonds. The normalized spacial score (nSPS) is 15.4. The second-order valence-electron chi connectivity index (χ2n) is 7.31. The van der Waals surface area contributed by atoms with Crippen LogP contribution >= 0.6 is 0 Å². The van der Waals surface area contributed by atoms with Crippen molar-refractivity contribution in [3.63, 3.8) is 0 Å². The quantitative estimate of drug-likeness (QED) is 0.518. The number of aromatic nitrogens is 1. The molecule has 2 aromatic rings. The highest BCUT2D eigenvalue weighted by molar-refractivity contribution is 5.83. The highest BCUT2D eigenvalue weighted by atomic mass is 16.7. The summed E-state index contributed by atoms with van der Waals surface area (Å²) in [5.74, 6) is 0. The van der Waals surface area contributed by atoms with Gasteiger partial charge in [-0.05, 0) is 43.4 Å². The molecule has 1 aromatic heterocycles. The van der Waals surface area contributed by atoms with Gasteiger partial charge in [0.2, 0.25) is 0 Å². The predicted molar refractivity (Wildman–Crippen MR) is 112 cm³/mol. The molecule has 1 aliphatic rings. The largest absolute Gasteiger partial charge is 0.382 e. The van der Waals surface area contributed by atoms with Crippen LogP contribution < -0.4 is 10.9 Å². The van der Waals surface area contributed by atoms with Crippen LogP contribution in [0.25, 0.3) is 10.9 Å². The van der Waals surface area contributed by atoms with Crippen LogP contribution in [0.4, 0.5) is 5.69 Å². The fourth-order valence-electron chi connectivity index (χ4n) is 4.01. The van der Waals surface area contributed by atoms with Gasteiger partial charge in [0.15, 0.2) is 6.29 Å². The van der Waals surface area contributed by atoms with Crippen molar-refractivity contribution >= 4 is 16.6 Å². The molecule has 1 fully saturated rings. The summed E-state index contributed by atoms with van der Waals surface area (Å²) < 4.78 is 18.0. The first-order valence-corrected chi connectivity index (χ1v) is 10.2. The van der Waals surface area contributed by atoms with Crippen LogP contribution in [0.5, 0.6) is 0 Å². The average molecular weight is 389 g/mol. The molecule has 1 aromatic carbocycles. The Morgan fingerprint density at radius 3 is 2.57 bits per heavy atom. The zero-order chi connectivity index (χ0) is 19.9. The first kappa shape index (κ1) is 20.8. The zero-order valence-corrected chi connectivity index (χ0v) is 17.2. The summed E-state index contributed by atoms with van der Waals surface area (Å²) in [4.78, 5) is 13.2. The lowest BCUT2D eigenvalue weighted by Crippen LogP contribution is -2.28. The van der Waals surface area contributed by atoms with Crippen molar-refractivity contribution in [3.8, 4) is 0 Å². The molecule has 3 rings (SSSR count). The third-order valence-electron chi connectivity index (χ3n) is 5.45. The summed E-state index contributed by atoms with van der Waals surface area (Å²) in [7, 11) is 3.08. The van der Waals surface area contributed by atoms with Crippen LogP contribution in [0.1, 0.15) is 50.9 Å². The van der Waals surface area contributed by atoms with Gasteiger partial charge in [0.1, 0.15) is 0 Å². The molecule has 154 valence electrons. The predicted octanol–water partition coefficient (Wildman–Crippen LogP) is 4.07. The number of benzene rings is 1. The third kappa shape index (κ3) is 4.74. The van der Waals surface area contributed by atoms with Crippen LogP contribution in [-0.2, 0) is 20.8 Å². The monoisotopic (exact) mass is 388 g/mol. The summed E-state index contributed by atoms with van der Waals surface area (Å²) in [5, 5.41) is 4.64. The van der Waals surface area contributed by atoms with Gasteiger partial charge in [-0.2, -0.15) is 0 Å². The highest BCUT2D eigenvalue weighted by Gasteiger charge is 2.19. The topological polar surface area (TPSA) is 61.7 Å². The SMILES string of the molecule is CCOCCn1c(=O)c(C(OC)OC)cc2ccc(NC3CCCCC3)cc21. The summed E-state index contributed by atoms with van der Waals surface area (Å²) in [5.41, 5.74) is 2.37. The number of pyridine rings is 1. The summed E-state index contributed by atoms with van der Waals surface area (Å²) >= 11 is 0. The van der Waals surface area contributed by atoms with E-state index in [0.29, 0.717) is 31.4 Å². The molecule has 1 N–H and O–H groups in total. The third-order valence-corrected chi connectivity index (χ3v) is 5.45. The molecule has 1 heterocycles. The minimum atomic E-state index is -0.685. The van der Waals surface area contributed by atoms with Crippen molar-refractivity contribution < 1.29 is 14.2 Å². The highest BCUT2D eigenvalue weighted by Crippen LogP contribution is 2.26. The van der Waals surface area contributed by atoms with Crippen molar-refractivity contribution in [2.75, 3.05) is 32.8 Å². The molecular formula is C22H32N2O4. The first-order valence-electron chi connectivity index (χ1n) is 10.2. The molecule has 6 nitrogen and oxygen atoms in total. The van der Waals surface area contributed by atoms with E-state index < -0.39 is 6.29 Å². The smallest absolute Gasteiger partial charge is 0.259 e. The molecular weight excluding hydrogens is 356 g/mol. The number of ether oxygens (including phenoxy) is 3. The summed E-state index contributed by atoms with van der Waals surface area (Å²) in [6, 6.07) is 8.61. The van der Waals surface area contributed by atoms with Gasteiger partial charge >= 0.3 is 0 Å². The minimum Gasteiger partial charge on any atom is -0.382 e. The molecule has 6 heteroatoms. The van der Waals surface area contributed by atoms with Gasteiger partial charge in [0.05, 0.1) is 17.7 Å². The van der Waals surface area contributed by atoms with Gasteiger partial charge in [0, 0.05) is 39.1 Å². The Labute approximate surface area is 166 Å². The standard InChI is InChI=1S/C22H32N2O4/c1-4-28-13-12-24-20-15-18(23-17-8-6-5-7-9-17)11-10-16(20)14-19(21(24)25)22(26-2)27-3/h10-11,14-15,17,22-23H,4-9,12-13H2,1-3H3. The molecule has 0 bridgehead atoms. The van der Waals surface area contributed by atoms with E-state index in [2.05, 4.69) is 23.5 Å². The minimum absolute atomic E-state index is 0.101. The van der Waals surface area contributed by atoms with E-state index in [1.165, 1.54) is 32.1 Å². The van der Waals surface area contributed by atoms with Gasteiger partial charge in [-0.25, -0.2) is 0 Å². The Morgan fingerprint density at radius 2 is 1.89 bits per heavy atom. The number of rotatable bonds is 9. The fraction of sp³-hybridized carbons (Fsp3) is 0.591. The Bertz CT molecular complexity index is 823. The van der Waals surface area contributed by atoms with Crippen molar-refractivity contribution in [2.45, 2.75) is 57.9 Å². The van der Waals surface area contributed by atoms with Gasteiger partial charge in [-0.15, -0.1) is 0 Å². The van der Waals surface area contributed by atoms with Gasteiger partial charge in [-0.3, -0.25) is 4.79 Å². The molecule has 0 atom stereocenters. The van der Waals surface area contributed by atoms with Crippen LogP contribution in [0.15, 0.2) is 29.1 Å². The maximum absolute atomic E-state index is 13.2. The summed E-state index contributed by atoms with van der Waals surface area (Å²) in [6.45, 7) is 3.55. The summed E-state index contributed by atoms with van der Waals surface area (Å²) in [6.07, 6.45) is 5.62. The second-order valence-corrected chi connectivity index (χ2v) is 7.31. The van der Waals surface area contributed by atoms with E-state index in [4.69, 9.17) is 14.2 Å². The van der Waals surface area contributed by atoms with Gasteiger partial charge in [-0.1, -0.05) is 25.3 Å². The van der Waals surface area contributed by atoms with E-state index in [-0.39, 0.29) is 5.56 Å². The number of nitrogens with one attached hydrogen (secondary N) is 1. The van der Waals surface area contributed by atoms with E-state index in [1.807, 2.05) is 13.0 Å². The second kappa shape index (κ2) is 10.0. The van der Waals surface area contributed by atoms with Crippen LogP contribution in [-0.4, -0.2) is 38.0 Å². The fourth-order valence-corrected chi connectivity index (χ4v) is 4.01. The number of nitrogens with zero attached hydrogens (tertiary/aromatic N) is 1. The average Bonchev–Trinajstić information content (AvgIpc) is 2.72. The van der Waals surface area contributed by atoms with E-state index in [1.54, 1.807) is 18.8 Å². The number of hydrogen-bond donors (Lipinski definition) is 1. The number of hydrogen-bond acceptors (Lipinski definition) is 5. The molecule has 0 radical (unpaired) electrons. The number of fused-ring (bicyclic) bond motifs is 1. The van der Waals surface area contributed by atoms with E-state index in [0.717, 1.165) is 16.6 Å². The molecule has 1 saturated carbocycles. The van der Waals surface area contributed by atoms with E-state index >= 15 is 0 Å². The Balaban J connectivity index is 2.00. The first-order chi connectivity index (χ1) is 13.7. The Hall–Kier alpha value is -1.89. The maximum atomic E-state index is 13.2. The lowest BCUT2D eigenvalue weighted by atomic mass is 9.95. The van der Waals surface area contributed by atoms with Crippen molar-refractivity contribution in [1.82, 2.24) is 4.57 Å². The van der Waals surface area contributed by atoms with Crippen LogP contribution in [0.3, 0.4) is 0 Å². The molecule has 28 heavy (non-hydrogen) atoms. The van der Waals surface area contributed by atoms with Crippen molar-refractivity contribution in [2.24, 2.45) is 0 Å². The number of anilines is 1. The molecule has 0 aliphatic heterocycles. The zero-order valence-electron chi connectivity index (χ0n) is 17.2. The number of methoxy groups -OCH3 is 2. The molecule has 0 unspecified atom stereocenters. The van der Waals surface area contributed by atoms with E-state index in [9.17, 15) is 4.79 Å². The van der Waals surface area contributed by atoms with Crippen molar-refractivity contribution in [3.05, 3.63) is 40.2 Å². The lowest BCUT2D eigenvalue weighted by molar-refractivity contribution is -0.106. The molecule has 1 aliphatic carbocycles. The lowest BCUT2D eigenvalue weighted by Gasteiger charge is -2.24. The Morgan fingerprint density at radius 1 is 1.14 bits per heavy atom. The van der Waals surface area contributed by atoms with Crippen LogP contribution in [0, 0.1) is 0 Å². The Kier molecular flexibility index (Phi) is 7.48. The molecule has 0 spiro atoms.